The maximum Gasteiger partial charge on any atom is 0.263 e. The van der Waals surface area contributed by atoms with Gasteiger partial charge in [0.05, 0.1) is 16.9 Å². The topological polar surface area (TPSA) is 85.1 Å². The van der Waals surface area contributed by atoms with Crippen molar-refractivity contribution in [3.8, 4) is 0 Å². The Morgan fingerprint density at radius 3 is 2.58 bits per heavy atom. The van der Waals surface area contributed by atoms with Gasteiger partial charge in [0.2, 0.25) is 0 Å². The normalized spacial score (nSPS) is 11.3. The molecule has 19 heavy (non-hydrogen) atoms. The highest BCUT2D eigenvalue weighted by atomic mass is 79.9. The zero-order valence-electron chi connectivity index (χ0n) is 9.47. The van der Waals surface area contributed by atoms with Crippen molar-refractivity contribution in [2.75, 3.05) is 10.5 Å². The maximum absolute atomic E-state index is 12.1. The van der Waals surface area contributed by atoms with E-state index in [1.165, 1.54) is 30.5 Å². The number of hydrogen-bond donors (Lipinski definition) is 2. The third kappa shape index (κ3) is 3.37. The highest BCUT2D eigenvalue weighted by molar-refractivity contribution is 9.10. The summed E-state index contributed by atoms with van der Waals surface area (Å²) in [6, 6.07) is 7.55. The summed E-state index contributed by atoms with van der Waals surface area (Å²) in [4.78, 5) is 3.80. The van der Waals surface area contributed by atoms with Gasteiger partial charge in [-0.15, -0.1) is 0 Å². The number of pyridine rings is 1. The summed E-state index contributed by atoms with van der Waals surface area (Å²) in [6.45, 7) is 0. The molecule has 0 amide bonds. The van der Waals surface area contributed by atoms with Gasteiger partial charge in [0.1, 0.15) is 10.7 Å². The summed E-state index contributed by atoms with van der Waals surface area (Å²) in [5, 5.41) is 0.130. The summed E-state index contributed by atoms with van der Waals surface area (Å²) in [5.74, 6) is 0.310. The standard InChI is InChI=1S/C11H9BrClN3O2S/c12-7-1-3-10(9(13)5-7)19(17,18)16-8-2-4-11(14)15-6-8/h1-6,16H,(H2,14,15). The number of halogens is 2. The van der Waals surface area contributed by atoms with Crippen molar-refractivity contribution in [3.63, 3.8) is 0 Å². The van der Waals surface area contributed by atoms with Crippen LogP contribution in [0.25, 0.3) is 0 Å². The van der Waals surface area contributed by atoms with Crippen molar-refractivity contribution < 1.29 is 8.42 Å². The van der Waals surface area contributed by atoms with Crippen LogP contribution >= 0.6 is 27.5 Å². The predicted octanol–water partition coefficient (Wildman–Crippen LogP) is 2.88. The zero-order valence-corrected chi connectivity index (χ0v) is 12.6. The highest BCUT2D eigenvalue weighted by Gasteiger charge is 2.18. The number of rotatable bonds is 3. The first kappa shape index (κ1) is 14.1. The first-order valence-corrected chi connectivity index (χ1v) is 7.73. The van der Waals surface area contributed by atoms with E-state index in [2.05, 4.69) is 25.6 Å². The lowest BCUT2D eigenvalue weighted by Gasteiger charge is -2.09. The minimum absolute atomic E-state index is 0.00538. The molecule has 0 aliphatic rings. The molecule has 2 rings (SSSR count). The van der Waals surface area contributed by atoms with Crippen LogP contribution in [-0.2, 0) is 10.0 Å². The molecule has 2 aromatic rings. The van der Waals surface area contributed by atoms with Gasteiger partial charge in [0.25, 0.3) is 10.0 Å². The fourth-order valence-electron chi connectivity index (χ4n) is 1.37. The Balaban J connectivity index is 2.35. The average molecular weight is 363 g/mol. The van der Waals surface area contributed by atoms with Gasteiger partial charge >= 0.3 is 0 Å². The van der Waals surface area contributed by atoms with Crippen molar-refractivity contribution >= 4 is 49.1 Å². The van der Waals surface area contributed by atoms with E-state index in [4.69, 9.17) is 17.3 Å². The molecule has 0 saturated carbocycles. The Hall–Kier alpha value is -1.31. The lowest BCUT2D eigenvalue weighted by atomic mass is 10.4. The second kappa shape index (κ2) is 5.36. The molecular weight excluding hydrogens is 354 g/mol. The van der Waals surface area contributed by atoms with E-state index < -0.39 is 10.0 Å². The number of sulfonamides is 1. The van der Waals surface area contributed by atoms with Crippen LogP contribution < -0.4 is 10.5 Å². The van der Waals surface area contributed by atoms with Gasteiger partial charge in [0, 0.05) is 4.47 Å². The molecule has 3 N–H and O–H groups in total. The van der Waals surface area contributed by atoms with Gasteiger partial charge in [-0.3, -0.25) is 4.72 Å². The van der Waals surface area contributed by atoms with Crippen LogP contribution in [0.2, 0.25) is 5.02 Å². The quantitative estimate of drug-likeness (QED) is 0.879. The average Bonchev–Trinajstić information content (AvgIpc) is 2.31. The van der Waals surface area contributed by atoms with Crippen molar-refractivity contribution in [2.45, 2.75) is 4.90 Å². The van der Waals surface area contributed by atoms with Crippen molar-refractivity contribution in [3.05, 3.63) is 46.0 Å². The van der Waals surface area contributed by atoms with E-state index in [0.717, 1.165) is 0 Å². The summed E-state index contributed by atoms with van der Waals surface area (Å²) < 4.78 is 27.4. The number of nitrogens with zero attached hydrogens (tertiary/aromatic N) is 1. The molecule has 1 aromatic heterocycles. The number of nitrogens with one attached hydrogen (secondary N) is 1. The van der Waals surface area contributed by atoms with Crippen LogP contribution in [0.1, 0.15) is 0 Å². The Morgan fingerprint density at radius 2 is 2.00 bits per heavy atom. The fraction of sp³-hybridized carbons (Fsp3) is 0. The summed E-state index contributed by atoms with van der Waals surface area (Å²) in [7, 11) is -3.76. The Bertz CT molecular complexity index is 704. The van der Waals surface area contributed by atoms with E-state index in [1.54, 1.807) is 6.07 Å². The van der Waals surface area contributed by atoms with Gasteiger partial charge in [-0.2, -0.15) is 0 Å². The molecule has 0 saturated heterocycles. The lowest BCUT2D eigenvalue weighted by molar-refractivity contribution is 0.601. The molecule has 8 heteroatoms. The molecule has 0 fully saturated rings. The van der Waals surface area contributed by atoms with Crippen LogP contribution in [0.5, 0.6) is 0 Å². The Kier molecular flexibility index (Phi) is 3.98. The first-order chi connectivity index (χ1) is 8.88. The molecular formula is C11H9BrClN3O2S. The summed E-state index contributed by atoms with van der Waals surface area (Å²) >= 11 is 9.13. The monoisotopic (exact) mass is 361 g/mol. The second-order valence-corrected chi connectivity index (χ2v) is 6.63. The third-order valence-electron chi connectivity index (χ3n) is 2.22. The fourth-order valence-corrected chi connectivity index (χ4v) is 3.45. The van der Waals surface area contributed by atoms with Crippen LogP contribution in [0.4, 0.5) is 11.5 Å². The highest BCUT2D eigenvalue weighted by Crippen LogP contribution is 2.26. The SMILES string of the molecule is Nc1ccc(NS(=O)(=O)c2ccc(Br)cc2Cl)cn1. The molecule has 0 aliphatic heterocycles. The van der Waals surface area contributed by atoms with Crippen molar-refractivity contribution in [1.29, 1.82) is 0 Å². The molecule has 0 atom stereocenters. The van der Waals surface area contributed by atoms with E-state index in [-0.39, 0.29) is 9.92 Å². The number of hydrogen-bond acceptors (Lipinski definition) is 4. The minimum atomic E-state index is -3.76. The third-order valence-corrected chi connectivity index (χ3v) is 4.58. The zero-order chi connectivity index (χ0) is 14.0. The molecule has 0 spiro atoms. The number of nitrogen functional groups attached to an aromatic ring is 1. The lowest BCUT2D eigenvalue weighted by Crippen LogP contribution is -2.13. The molecule has 5 nitrogen and oxygen atoms in total. The smallest absolute Gasteiger partial charge is 0.263 e. The van der Waals surface area contributed by atoms with Crippen LogP contribution in [0.3, 0.4) is 0 Å². The maximum atomic E-state index is 12.1. The van der Waals surface area contributed by atoms with E-state index in [1.807, 2.05) is 0 Å². The van der Waals surface area contributed by atoms with Gasteiger partial charge in [0.15, 0.2) is 0 Å². The van der Waals surface area contributed by atoms with Crippen molar-refractivity contribution in [1.82, 2.24) is 4.98 Å². The Labute approximate surface area is 124 Å². The largest absolute Gasteiger partial charge is 0.384 e. The molecule has 0 unspecified atom stereocenters. The van der Waals surface area contributed by atoms with E-state index in [9.17, 15) is 8.42 Å². The number of aromatic nitrogens is 1. The minimum Gasteiger partial charge on any atom is -0.384 e. The van der Waals surface area contributed by atoms with Crippen molar-refractivity contribution in [2.24, 2.45) is 0 Å². The number of benzene rings is 1. The Morgan fingerprint density at radius 1 is 1.26 bits per heavy atom. The number of nitrogens with two attached hydrogens (primary N) is 1. The summed E-state index contributed by atoms with van der Waals surface area (Å²) in [5.41, 5.74) is 5.74. The molecule has 1 heterocycles. The van der Waals surface area contributed by atoms with Crippen LogP contribution in [0.15, 0.2) is 45.9 Å². The molecule has 0 radical (unpaired) electrons. The first-order valence-electron chi connectivity index (χ1n) is 5.08. The van der Waals surface area contributed by atoms with Gasteiger partial charge < -0.3 is 5.73 Å². The van der Waals surface area contributed by atoms with Crippen LogP contribution in [-0.4, -0.2) is 13.4 Å². The van der Waals surface area contributed by atoms with E-state index >= 15 is 0 Å². The van der Waals surface area contributed by atoms with Crippen LogP contribution in [0, 0.1) is 0 Å². The molecule has 0 bridgehead atoms. The van der Waals surface area contributed by atoms with Gasteiger partial charge in [-0.25, -0.2) is 13.4 Å². The predicted molar refractivity (Wildman–Crippen MR) is 78.6 cm³/mol. The molecule has 0 aliphatic carbocycles. The summed E-state index contributed by atoms with van der Waals surface area (Å²) in [6.07, 6.45) is 1.33. The second-order valence-electron chi connectivity index (χ2n) is 3.65. The molecule has 100 valence electrons. The van der Waals surface area contributed by atoms with Gasteiger partial charge in [-0.05, 0) is 30.3 Å². The number of anilines is 2. The molecule has 1 aromatic carbocycles. The van der Waals surface area contributed by atoms with E-state index in [0.29, 0.717) is 16.0 Å². The van der Waals surface area contributed by atoms with Gasteiger partial charge in [-0.1, -0.05) is 27.5 Å².